The smallest absolute Gasteiger partial charge is 0.341 e. The van der Waals surface area contributed by atoms with Crippen LogP contribution in [0.1, 0.15) is 52.2 Å². The summed E-state index contributed by atoms with van der Waals surface area (Å²) in [5.74, 6) is -2.32. The number of hydrogen-bond acceptors (Lipinski definition) is 7. The lowest BCUT2D eigenvalue weighted by Gasteiger charge is -2.29. The Balaban J connectivity index is 1.46. The first-order valence-electron chi connectivity index (χ1n) is 12.6. The number of fused-ring (bicyclic) bond motifs is 2. The number of hydroxylamine groups is 1. The molecule has 2 fully saturated rings. The first-order chi connectivity index (χ1) is 18.4. The minimum absolute atomic E-state index is 0.197. The fourth-order valence-electron chi connectivity index (χ4n) is 5.59. The molecule has 0 spiro atoms. The van der Waals surface area contributed by atoms with Crippen LogP contribution in [0.5, 0.6) is 0 Å². The fourth-order valence-corrected chi connectivity index (χ4v) is 7.50. The van der Waals surface area contributed by atoms with Gasteiger partial charge in [0.15, 0.2) is 6.10 Å². The first kappa shape index (κ1) is 25.4. The Morgan fingerprint density at radius 2 is 1.84 bits per heavy atom. The maximum atomic E-state index is 14.2. The molecule has 3 aromatic rings. The van der Waals surface area contributed by atoms with Crippen molar-refractivity contribution in [1.29, 1.82) is 0 Å². The molecule has 7 nitrogen and oxygen atoms in total. The van der Waals surface area contributed by atoms with Crippen LogP contribution in [0.4, 0.5) is 10.7 Å². The van der Waals surface area contributed by atoms with E-state index >= 15 is 0 Å². The quantitative estimate of drug-likeness (QED) is 0.270. The lowest BCUT2D eigenvalue weighted by Crippen LogP contribution is -2.37. The second kappa shape index (κ2) is 10.0. The van der Waals surface area contributed by atoms with Crippen molar-refractivity contribution < 1.29 is 24.0 Å². The molecule has 2 saturated heterocycles. The van der Waals surface area contributed by atoms with E-state index in [9.17, 15) is 14.4 Å². The van der Waals surface area contributed by atoms with Gasteiger partial charge in [-0.2, -0.15) is 0 Å². The highest BCUT2D eigenvalue weighted by Gasteiger charge is 2.61. The van der Waals surface area contributed by atoms with Crippen molar-refractivity contribution in [3.63, 3.8) is 0 Å². The Kier molecular flexibility index (Phi) is 6.68. The fraction of sp³-hybridized carbons (Fsp3) is 0.321. The molecule has 3 atom stereocenters. The number of halogens is 2. The van der Waals surface area contributed by atoms with Crippen LogP contribution in [0, 0.1) is 5.92 Å². The molecule has 1 aromatic heterocycles. The second-order valence-corrected chi connectivity index (χ2v) is 11.4. The number of amides is 2. The second-order valence-electron chi connectivity index (χ2n) is 9.45. The van der Waals surface area contributed by atoms with Gasteiger partial charge in [0.2, 0.25) is 5.91 Å². The van der Waals surface area contributed by atoms with Crippen LogP contribution in [0.2, 0.25) is 10.0 Å². The van der Waals surface area contributed by atoms with Gasteiger partial charge in [-0.3, -0.25) is 14.4 Å². The number of nitrogens with zero attached hydrogens (tertiary/aromatic N) is 2. The molecule has 38 heavy (non-hydrogen) atoms. The zero-order chi connectivity index (χ0) is 26.6. The lowest BCUT2D eigenvalue weighted by molar-refractivity contribution is -0.126. The van der Waals surface area contributed by atoms with E-state index in [0.717, 1.165) is 34.6 Å². The number of para-hydroxylation sites is 1. The molecule has 0 N–H and O–H groups in total. The highest BCUT2D eigenvalue weighted by molar-refractivity contribution is 7.17. The van der Waals surface area contributed by atoms with Gasteiger partial charge in [-0.15, -0.1) is 11.3 Å². The summed E-state index contributed by atoms with van der Waals surface area (Å²) in [4.78, 5) is 49.5. The molecular formula is C28H24Cl2N2O5S. The highest BCUT2D eigenvalue weighted by atomic mass is 35.5. The van der Waals surface area contributed by atoms with E-state index < -0.39 is 35.8 Å². The molecule has 6 rings (SSSR count). The summed E-state index contributed by atoms with van der Waals surface area (Å²) in [5, 5.41) is 2.74. The van der Waals surface area contributed by atoms with E-state index in [1.165, 1.54) is 11.3 Å². The predicted molar refractivity (Wildman–Crippen MR) is 146 cm³/mol. The van der Waals surface area contributed by atoms with Crippen molar-refractivity contribution in [2.45, 2.75) is 44.8 Å². The van der Waals surface area contributed by atoms with Gasteiger partial charge < -0.3 is 4.74 Å². The van der Waals surface area contributed by atoms with E-state index in [-0.39, 0.29) is 6.61 Å². The Labute approximate surface area is 233 Å². The Bertz CT molecular complexity index is 1440. The molecule has 2 amide bonds. The van der Waals surface area contributed by atoms with E-state index in [1.54, 1.807) is 30.2 Å². The van der Waals surface area contributed by atoms with Gasteiger partial charge in [-0.25, -0.2) is 14.8 Å². The van der Waals surface area contributed by atoms with E-state index in [2.05, 4.69) is 0 Å². The number of hydrogen-bond donors (Lipinski definition) is 0. The van der Waals surface area contributed by atoms with Crippen LogP contribution in [0.25, 0.3) is 0 Å². The third-order valence-electron chi connectivity index (χ3n) is 7.24. The van der Waals surface area contributed by atoms with Crippen LogP contribution in [0.15, 0.2) is 48.5 Å². The van der Waals surface area contributed by atoms with Gasteiger partial charge in [0.05, 0.1) is 23.9 Å². The van der Waals surface area contributed by atoms with Gasteiger partial charge in [-0.05, 0) is 68.0 Å². The van der Waals surface area contributed by atoms with Crippen molar-refractivity contribution in [2.24, 2.45) is 5.92 Å². The van der Waals surface area contributed by atoms with Gasteiger partial charge >= 0.3 is 5.97 Å². The maximum Gasteiger partial charge on any atom is 0.341 e. The van der Waals surface area contributed by atoms with Gasteiger partial charge in [0.1, 0.15) is 10.9 Å². The van der Waals surface area contributed by atoms with E-state index in [4.69, 9.17) is 32.8 Å². The van der Waals surface area contributed by atoms with Crippen molar-refractivity contribution in [3.8, 4) is 0 Å². The van der Waals surface area contributed by atoms with Crippen molar-refractivity contribution >= 4 is 63.0 Å². The molecule has 3 heterocycles. The molecule has 196 valence electrons. The predicted octanol–water partition coefficient (Wildman–Crippen LogP) is 6.16. The number of carbonyl (C=O) groups excluding carboxylic acids is 3. The Morgan fingerprint density at radius 1 is 1.08 bits per heavy atom. The molecule has 0 saturated carbocycles. The van der Waals surface area contributed by atoms with Crippen LogP contribution in [-0.4, -0.2) is 30.5 Å². The van der Waals surface area contributed by atoms with E-state index in [1.807, 2.05) is 30.3 Å². The summed E-state index contributed by atoms with van der Waals surface area (Å²) >= 11 is 14.1. The molecular weight excluding hydrogens is 547 g/mol. The number of benzene rings is 2. The molecule has 10 heteroatoms. The van der Waals surface area contributed by atoms with E-state index in [0.29, 0.717) is 38.3 Å². The Hall–Kier alpha value is -2.91. The number of rotatable bonds is 5. The Morgan fingerprint density at radius 3 is 2.58 bits per heavy atom. The number of anilines is 2. The average molecular weight is 571 g/mol. The number of imide groups is 1. The summed E-state index contributed by atoms with van der Waals surface area (Å²) in [6.45, 7) is 1.93. The highest BCUT2D eigenvalue weighted by Crippen LogP contribution is 2.51. The molecule has 3 aliphatic rings. The average Bonchev–Trinajstić information content (AvgIpc) is 3.55. The van der Waals surface area contributed by atoms with Crippen LogP contribution < -0.4 is 9.96 Å². The van der Waals surface area contributed by atoms with Crippen molar-refractivity contribution in [2.75, 3.05) is 16.6 Å². The van der Waals surface area contributed by atoms with Crippen LogP contribution >= 0.6 is 34.5 Å². The summed E-state index contributed by atoms with van der Waals surface area (Å²) in [7, 11) is 0. The maximum absolute atomic E-state index is 14.2. The lowest BCUT2D eigenvalue weighted by atomic mass is 9.90. The van der Waals surface area contributed by atoms with Crippen molar-refractivity contribution in [1.82, 2.24) is 0 Å². The summed E-state index contributed by atoms with van der Waals surface area (Å²) in [6, 6.07) is 13.6. The zero-order valence-electron chi connectivity index (χ0n) is 20.5. The molecule has 2 aliphatic heterocycles. The molecule has 2 aromatic carbocycles. The van der Waals surface area contributed by atoms with Gasteiger partial charge in [0, 0.05) is 14.9 Å². The summed E-state index contributed by atoms with van der Waals surface area (Å²) in [5.41, 5.74) is 2.51. The number of ether oxygens (including phenoxy) is 1. The monoisotopic (exact) mass is 570 g/mol. The first-order valence-corrected chi connectivity index (χ1v) is 14.1. The number of aryl methyl sites for hydroxylation is 1. The molecule has 0 radical (unpaired) electrons. The van der Waals surface area contributed by atoms with Crippen LogP contribution in [-0.2, 0) is 32.0 Å². The minimum atomic E-state index is -1.08. The van der Waals surface area contributed by atoms with Gasteiger partial charge in [0.25, 0.3) is 5.91 Å². The third kappa shape index (κ3) is 4.02. The van der Waals surface area contributed by atoms with Gasteiger partial charge in [-0.1, -0.05) is 47.5 Å². The number of esters is 1. The summed E-state index contributed by atoms with van der Waals surface area (Å²) < 4.78 is 5.36. The molecule has 1 aliphatic carbocycles. The third-order valence-corrected chi connectivity index (χ3v) is 9.08. The topological polar surface area (TPSA) is 76.2 Å². The zero-order valence-corrected chi connectivity index (χ0v) is 22.8. The largest absolute Gasteiger partial charge is 0.462 e. The number of carbonyl (C=O) groups is 3. The van der Waals surface area contributed by atoms with Crippen LogP contribution in [0.3, 0.4) is 0 Å². The molecule has 0 bridgehead atoms. The number of thiophene rings is 1. The van der Waals surface area contributed by atoms with Crippen molar-refractivity contribution in [3.05, 3.63) is 80.1 Å². The molecule has 0 unspecified atom stereocenters. The normalized spacial score (nSPS) is 22.6. The summed E-state index contributed by atoms with van der Waals surface area (Å²) in [6.07, 6.45) is 2.37. The standard InChI is InChI=1S/C28H24Cl2N2O5S/c1-2-36-28(35)21-18-10-6-7-11-20(18)38-27(21)31-25(33)22-23(17-13-12-15(29)14-19(17)30)32(37-24(22)26(31)34)16-8-4-3-5-9-16/h3-5,8-9,12-14,22-24H,2,6-7,10-11H2,1H3/t22-,23-,24-/m1/s1. The SMILES string of the molecule is CCOC(=O)c1c(N2C(=O)[C@@H]3[C@@H](c4ccc(Cl)cc4Cl)N(c4ccccc4)O[C@H]3C2=O)sc2c1CCCC2. The minimum Gasteiger partial charge on any atom is -0.462 e.